The van der Waals surface area contributed by atoms with E-state index in [1.54, 1.807) is 0 Å². The van der Waals surface area contributed by atoms with E-state index in [9.17, 15) is 0 Å². The van der Waals surface area contributed by atoms with Crippen molar-refractivity contribution in [1.29, 1.82) is 0 Å². The number of rotatable bonds is 5. The van der Waals surface area contributed by atoms with Gasteiger partial charge in [-0.3, -0.25) is 0 Å². The first-order valence-corrected chi connectivity index (χ1v) is 7.53. The van der Waals surface area contributed by atoms with Gasteiger partial charge in [0.2, 0.25) is 0 Å². The van der Waals surface area contributed by atoms with Crippen LogP contribution in [0.2, 0.25) is 0 Å². The Morgan fingerprint density at radius 1 is 1.20 bits per heavy atom. The first kappa shape index (κ1) is 15.0. The summed E-state index contributed by atoms with van der Waals surface area (Å²) in [6.45, 7) is 10.6. The predicted molar refractivity (Wildman–Crippen MR) is 84.3 cm³/mol. The summed E-state index contributed by atoms with van der Waals surface area (Å²) >= 11 is 0. The molecule has 0 aromatic carbocycles. The van der Waals surface area contributed by atoms with Gasteiger partial charge < -0.3 is 15.5 Å². The maximum absolute atomic E-state index is 4.47. The Kier molecular flexibility index (Phi) is 4.81. The number of piperidine rings is 1. The highest BCUT2D eigenvalue weighted by Crippen LogP contribution is 2.30. The molecule has 0 amide bonds. The average Bonchev–Trinajstić information content (AvgIpc) is 2.40. The van der Waals surface area contributed by atoms with Gasteiger partial charge in [-0.05, 0) is 52.2 Å². The Bertz CT molecular complexity index is 438. The molecule has 0 radical (unpaired) electrons. The second-order valence-corrected chi connectivity index (χ2v) is 6.18. The van der Waals surface area contributed by atoms with Gasteiger partial charge in [-0.25, -0.2) is 9.97 Å². The van der Waals surface area contributed by atoms with E-state index in [1.807, 2.05) is 13.0 Å². The highest BCUT2D eigenvalue weighted by Gasteiger charge is 2.28. The summed E-state index contributed by atoms with van der Waals surface area (Å²) in [6, 6.07) is 1.99. The molecule has 20 heavy (non-hydrogen) atoms. The van der Waals surface area contributed by atoms with Crippen LogP contribution in [0.4, 0.5) is 11.6 Å². The zero-order chi connectivity index (χ0) is 14.6. The summed E-state index contributed by atoms with van der Waals surface area (Å²) in [5, 5.41) is 6.74. The molecule has 1 aromatic rings. The van der Waals surface area contributed by atoms with Gasteiger partial charge in [-0.2, -0.15) is 0 Å². The van der Waals surface area contributed by atoms with E-state index in [4.69, 9.17) is 0 Å². The fourth-order valence-electron chi connectivity index (χ4n) is 2.57. The van der Waals surface area contributed by atoms with Crippen molar-refractivity contribution < 1.29 is 0 Å². The topological polar surface area (TPSA) is 53.1 Å². The van der Waals surface area contributed by atoms with Crippen molar-refractivity contribution in [2.75, 3.05) is 43.9 Å². The van der Waals surface area contributed by atoms with Gasteiger partial charge in [0.05, 0.1) is 0 Å². The molecule has 0 saturated carbocycles. The molecule has 0 spiro atoms. The summed E-state index contributed by atoms with van der Waals surface area (Å²) < 4.78 is 0. The Hall–Kier alpha value is -1.36. The van der Waals surface area contributed by atoms with E-state index in [0.29, 0.717) is 5.41 Å². The number of hydrogen-bond acceptors (Lipinski definition) is 5. The smallest absolute Gasteiger partial charge is 0.131 e. The van der Waals surface area contributed by atoms with Crippen molar-refractivity contribution in [3.05, 3.63) is 11.9 Å². The molecule has 0 unspecified atom stereocenters. The molecule has 5 nitrogen and oxygen atoms in total. The molecule has 0 aliphatic carbocycles. The molecule has 2 rings (SSSR count). The lowest BCUT2D eigenvalue weighted by molar-refractivity contribution is 0.150. The van der Waals surface area contributed by atoms with Gasteiger partial charge in [-0.15, -0.1) is 0 Å². The first-order chi connectivity index (χ1) is 9.50. The SMILES string of the molecule is CCNc1cc(NCC2(C)CCN(C)CC2)nc(C)n1. The number of nitrogens with zero attached hydrogens (tertiary/aromatic N) is 3. The molecule has 5 heteroatoms. The van der Waals surface area contributed by atoms with E-state index >= 15 is 0 Å². The highest BCUT2D eigenvalue weighted by molar-refractivity contribution is 5.47. The Morgan fingerprint density at radius 3 is 2.40 bits per heavy atom. The van der Waals surface area contributed by atoms with Crippen LogP contribution in [0.5, 0.6) is 0 Å². The zero-order valence-corrected chi connectivity index (χ0v) is 13.2. The van der Waals surface area contributed by atoms with E-state index in [0.717, 1.165) is 30.5 Å². The first-order valence-electron chi connectivity index (χ1n) is 7.53. The van der Waals surface area contributed by atoms with Crippen molar-refractivity contribution in [3.8, 4) is 0 Å². The van der Waals surface area contributed by atoms with Crippen molar-refractivity contribution in [2.24, 2.45) is 5.41 Å². The van der Waals surface area contributed by atoms with Crippen LogP contribution in [0.1, 0.15) is 32.5 Å². The standard InChI is InChI=1S/C15H27N5/c1-5-16-13-10-14(19-12(2)18-13)17-11-15(3)6-8-20(4)9-7-15/h10H,5-9,11H2,1-4H3,(H2,16,17,18,19). The van der Waals surface area contributed by atoms with Gasteiger partial charge in [-0.1, -0.05) is 6.92 Å². The molecule has 2 N–H and O–H groups in total. The maximum Gasteiger partial charge on any atom is 0.131 e. The van der Waals surface area contributed by atoms with Gasteiger partial charge in [0.1, 0.15) is 17.5 Å². The van der Waals surface area contributed by atoms with Crippen LogP contribution in [-0.2, 0) is 0 Å². The lowest BCUT2D eigenvalue weighted by Crippen LogP contribution is -2.40. The van der Waals surface area contributed by atoms with Crippen LogP contribution in [0.3, 0.4) is 0 Å². The number of aromatic nitrogens is 2. The molecule has 1 aromatic heterocycles. The van der Waals surface area contributed by atoms with E-state index in [2.05, 4.69) is 46.4 Å². The zero-order valence-electron chi connectivity index (χ0n) is 13.2. The van der Waals surface area contributed by atoms with Crippen LogP contribution in [-0.4, -0.2) is 48.1 Å². The van der Waals surface area contributed by atoms with Crippen molar-refractivity contribution in [1.82, 2.24) is 14.9 Å². The van der Waals surface area contributed by atoms with Crippen molar-refractivity contribution >= 4 is 11.6 Å². The molecule has 112 valence electrons. The third kappa shape index (κ3) is 4.07. The molecule has 0 bridgehead atoms. The van der Waals surface area contributed by atoms with E-state index in [1.165, 1.54) is 25.9 Å². The second kappa shape index (κ2) is 6.39. The molecule has 1 aliphatic heterocycles. The molecule has 0 atom stereocenters. The molecular formula is C15H27N5. The minimum atomic E-state index is 0.365. The van der Waals surface area contributed by atoms with Crippen LogP contribution >= 0.6 is 0 Å². The van der Waals surface area contributed by atoms with Gasteiger partial charge >= 0.3 is 0 Å². The minimum Gasteiger partial charge on any atom is -0.370 e. The van der Waals surface area contributed by atoms with Crippen LogP contribution in [0.25, 0.3) is 0 Å². The number of hydrogen-bond donors (Lipinski definition) is 2. The van der Waals surface area contributed by atoms with E-state index in [-0.39, 0.29) is 0 Å². The Balaban J connectivity index is 1.96. The fraction of sp³-hybridized carbons (Fsp3) is 0.733. The molecule has 2 heterocycles. The summed E-state index contributed by atoms with van der Waals surface area (Å²) in [5.41, 5.74) is 0.365. The highest BCUT2D eigenvalue weighted by atomic mass is 15.1. The summed E-state index contributed by atoms with van der Waals surface area (Å²) in [6.07, 6.45) is 2.47. The van der Waals surface area contributed by atoms with Gasteiger partial charge in [0, 0.05) is 19.2 Å². The second-order valence-electron chi connectivity index (χ2n) is 6.18. The molecule has 1 saturated heterocycles. The van der Waals surface area contributed by atoms with Crippen molar-refractivity contribution in [3.63, 3.8) is 0 Å². The minimum absolute atomic E-state index is 0.365. The normalized spacial score (nSPS) is 18.8. The number of likely N-dealkylation sites (tertiary alicyclic amines) is 1. The summed E-state index contributed by atoms with van der Waals surface area (Å²) in [7, 11) is 2.20. The number of anilines is 2. The Morgan fingerprint density at radius 2 is 1.80 bits per heavy atom. The monoisotopic (exact) mass is 277 g/mol. The summed E-state index contributed by atoms with van der Waals surface area (Å²) in [5.74, 6) is 2.63. The third-order valence-electron chi connectivity index (χ3n) is 4.09. The largest absolute Gasteiger partial charge is 0.370 e. The lowest BCUT2D eigenvalue weighted by atomic mass is 9.80. The quantitative estimate of drug-likeness (QED) is 0.865. The predicted octanol–water partition coefficient (Wildman–Crippen LogP) is 2.36. The summed E-state index contributed by atoms with van der Waals surface area (Å²) in [4.78, 5) is 11.3. The van der Waals surface area contributed by atoms with Gasteiger partial charge in [0.25, 0.3) is 0 Å². The molecular weight excluding hydrogens is 250 g/mol. The number of aryl methyl sites for hydroxylation is 1. The molecule has 1 aliphatic rings. The van der Waals surface area contributed by atoms with Crippen LogP contribution in [0, 0.1) is 12.3 Å². The van der Waals surface area contributed by atoms with E-state index < -0.39 is 0 Å². The fourth-order valence-corrected chi connectivity index (χ4v) is 2.57. The average molecular weight is 277 g/mol. The maximum atomic E-state index is 4.47. The van der Waals surface area contributed by atoms with Crippen molar-refractivity contribution in [2.45, 2.75) is 33.6 Å². The van der Waals surface area contributed by atoms with Gasteiger partial charge in [0.15, 0.2) is 0 Å². The third-order valence-corrected chi connectivity index (χ3v) is 4.09. The number of nitrogens with one attached hydrogen (secondary N) is 2. The Labute approximate surface area is 122 Å². The molecule has 1 fully saturated rings. The lowest BCUT2D eigenvalue weighted by Gasteiger charge is -2.38. The van der Waals surface area contributed by atoms with Crippen LogP contribution < -0.4 is 10.6 Å². The van der Waals surface area contributed by atoms with Crippen LogP contribution in [0.15, 0.2) is 6.07 Å².